The number of aryl methyl sites for hydroxylation is 1. The monoisotopic (exact) mass is 318 g/mol. The second-order valence-electron chi connectivity index (χ2n) is 5.02. The highest BCUT2D eigenvalue weighted by molar-refractivity contribution is 7.10. The van der Waals surface area contributed by atoms with Gasteiger partial charge in [0.15, 0.2) is 0 Å². The number of thiophene rings is 1. The third kappa shape index (κ3) is 3.23. The maximum atomic E-state index is 4.51. The fourth-order valence-electron chi connectivity index (χ4n) is 2.29. The Balaban J connectivity index is 1.76. The molecule has 2 atom stereocenters. The first-order chi connectivity index (χ1) is 10.3. The smallest absolute Gasteiger partial charge is 0.131 e. The quantitative estimate of drug-likeness (QED) is 0.757. The van der Waals surface area contributed by atoms with Crippen LogP contribution < -0.4 is 5.32 Å². The molecule has 3 heterocycles. The zero-order valence-electron chi connectivity index (χ0n) is 12.1. The molecule has 0 aliphatic heterocycles. The Morgan fingerprint density at radius 1 is 1.24 bits per heavy atom. The summed E-state index contributed by atoms with van der Waals surface area (Å²) in [6.07, 6.45) is 5.70. The highest BCUT2D eigenvalue weighted by Crippen LogP contribution is 2.26. The molecule has 110 valence electrons. The molecule has 0 radical (unpaired) electrons. The first kappa shape index (κ1) is 14.4. The normalized spacial score (nSPS) is 14.2. The van der Waals surface area contributed by atoms with Crippen molar-refractivity contribution in [2.75, 3.05) is 6.54 Å². The Labute approximate surface area is 132 Å². The van der Waals surface area contributed by atoms with E-state index in [0.29, 0.717) is 5.92 Å². The lowest BCUT2D eigenvalue weighted by atomic mass is 10.1. The van der Waals surface area contributed by atoms with Crippen LogP contribution in [0.2, 0.25) is 0 Å². The van der Waals surface area contributed by atoms with E-state index < -0.39 is 0 Å². The van der Waals surface area contributed by atoms with Gasteiger partial charge in [0.25, 0.3) is 0 Å². The van der Waals surface area contributed by atoms with Gasteiger partial charge in [-0.2, -0.15) is 0 Å². The van der Waals surface area contributed by atoms with Gasteiger partial charge in [0.05, 0.1) is 5.01 Å². The average molecular weight is 318 g/mol. The third-order valence-electron chi connectivity index (χ3n) is 3.45. The molecule has 0 spiro atoms. The van der Waals surface area contributed by atoms with Gasteiger partial charge >= 0.3 is 0 Å². The highest BCUT2D eigenvalue weighted by atomic mass is 32.1. The first-order valence-electron chi connectivity index (χ1n) is 6.89. The van der Waals surface area contributed by atoms with Gasteiger partial charge < -0.3 is 9.88 Å². The van der Waals surface area contributed by atoms with Crippen molar-refractivity contribution in [1.82, 2.24) is 19.9 Å². The fourth-order valence-corrected chi connectivity index (χ4v) is 3.78. The van der Waals surface area contributed by atoms with Crippen LogP contribution in [-0.4, -0.2) is 21.1 Å². The number of thiazole rings is 1. The van der Waals surface area contributed by atoms with E-state index in [9.17, 15) is 0 Å². The summed E-state index contributed by atoms with van der Waals surface area (Å²) in [4.78, 5) is 10.2. The molecule has 1 N–H and O–H groups in total. The van der Waals surface area contributed by atoms with Gasteiger partial charge in [-0.05, 0) is 11.4 Å². The molecule has 0 aromatic carbocycles. The van der Waals surface area contributed by atoms with E-state index >= 15 is 0 Å². The number of nitrogens with one attached hydrogen (secondary N) is 1. The van der Waals surface area contributed by atoms with Gasteiger partial charge in [0.1, 0.15) is 11.9 Å². The van der Waals surface area contributed by atoms with E-state index in [2.05, 4.69) is 44.3 Å². The molecule has 3 aromatic rings. The SMILES string of the molecule is CC(CNC(c1cccs1)c1nccn1C)c1nccs1. The lowest BCUT2D eigenvalue weighted by molar-refractivity contribution is 0.532. The number of rotatable bonds is 6. The predicted octanol–water partition coefficient (Wildman–Crippen LogP) is 3.42. The Morgan fingerprint density at radius 3 is 2.76 bits per heavy atom. The minimum absolute atomic E-state index is 0.132. The van der Waals surface area contributed by atoms with E-state index in [1.54, 1.807) is 22.7 Å². The minimum atomic E-state index is 0.132. The number of hydrogen-bond donors (Lipinski definition) is 1. The summed E-state index contributed by atoms with van der Waals surface area (Å²) < 4.78 is 2.07. The standard InChI is InChI=1S/C15H18N4S2/c1-11(15-17-6-9-21-15)10-18-13(12-4-3-8-20-12)14-16-5-7-19(14)2/h3-9,11,13,18H,10H2,1-2H3. The second kappa shape index (κ2) is 6.51. The van der Waals surface area contributed by atoms with Gasteiger partial charge in [-0.15, -0.1) is 22.7 Å². The molecule has 4 nitrogen and oxygen atoms in total. The van der Waals surface area contributed by atoms with Gasteiger partial charge in [0.2, 0.25) is 0 Å². The van der Waals surface area contributed by atoms with Crippen molar-refractivity contribution in [3.8, 4) is 0 Å². The zero-order valence-corrected chi connectivity index (χ0v) is 13.7. The van der Waals surface area contributed by atoms with Gasteiger partial charge in [0, 0.05) is 48.4 Å². The molecular weight excluding hydrogens is 300 g/mol. The van der Waals surface area contributed by atoms with Crippen LogP contribution in [0.5, 0.6) is 0 Å². The molecule has 2 unspecified atom stereocenters. The summed E-state index contributed by atoms with van der Waals surface area (Å²) >= 11 is 3.47. The van der Waals surface area contributed by atoms with Crippen LogP contribution in [0.15, 0.2) is 41.5 Å². The molecule has 6 heteroatoms. The van der Waals surface area contributed by atoms with Crippen molar-refractivity contribution in [3.05, 3.63) is 57.2 Å². The number of hydrogen-bond acceptors (Lipinski definition) is 5. The van der Waals surface area contributed by atoms with Crippen LogP contribution in [0.4, 0.5) is 0 Å². The van der Waals surface area contributed by atoms with Crippen molar-refractivity contribution in [2.45, 2.75) is 18.9 Å². The number of aromatic nitrogens is 3. The van der Waals surface area contributed by atoms with E-state index in [4.69, 9.17) is 0 Å². The molecular formula is C15H18N4S2. The maximum Gasteiger partial charge on any atom is 0.131 e. The summed E-state index contributed by atoms with van der Waals surface area (Å²) in [5.74, 6) is 1.44. The van der Waals surface area contributed by atoms with Crippen LogP contribution in [0.3, 0.4) is 0 Å². The van der Waals surface area contributed by atoms with Crippen molar-refractivity contribution in [3.63, 3.8) is 0 Å². The maximum absolute atomic E-state index is 4.51. The summed E-state index contributed by atoms with van der Waals surface area (Å²) in [7, 11) is 2.04. The van der Waals surface area contributed by atoms with Crippen molar-refractivity contribution in [2.24, 2.45) is 7.05 Å². The summed E-state index contributed by atoms with van der Waals surface area (Å²) in [6.45, 7) is 3.08. The summed E-state index contributed by atoms with van der Waals surface area (Å²) in [5.41, 5.74) is 0. The fraction of sp³-hybridized carbons (Fsp3) is 0.333. The largest absolute Gasteiger partial charge is 0.336 e. The molecule has 0 aliphatic rings. The van der Waals surface area contributed by atoms with Gasteiger partial charge in [-0.3, -0.25) is 0 Å². The number of nitrogens with zero attached hydrogens (tertiary/aromatic N) is 3. The van der Waals surface area contributed by atoms with Crippen molar-refractivity contribution >= 4 is 22.7 Å². The molecule has 0 fully saturated rings. The van der Waals surface area contributed by atoms with E-state index in [1.807, 2.05) is 31.0 Å². The Bertz CT molecular complexity index is 658. The Hall–Kier alpha value is -1.50. The second-order valence-corrected chi connectivity index (χ2v) is 6.93. The molecule has 0 saturated heterocycles. The highest BCUT2D eigenvalue weighted by Gasteiger charge is 2.20. The summed E-state index contributed by atoms with van der Waals surface area (Å²) in [6, 6.07) is 4.37. The van der Waals surface area contributed by atoms with Crippen molar-refractivity contribution < 1.29 is 0 Å². The lowest BCUT2D eigenvalue weighted by Crippen LogP contribution is -2.28. The van der Waals surface area contributed by atoms with Crippen molar-refractivity contribution in [1.29, 1.82) is 0 Å². The molecule has 21 heavy (non-hydrogen) atoms. The number of imidazole rings is 1. The van der Waals surface area contributed by atoms with Crippen LogP contribution >= 0.6 is 22.7 Å². The van der Waals surface area contributed by atoms with E-state index in [1.165, 1.54) is 9.88 Å². The minimum Gasteiger partial charge on any atom is -0.336 e. The van der Waals surface area contributed by atoms with Gasteiger partial charge in [-0.25, -0.2) is 9.97 Å². The predicted molar refractivity (Wildman–Crippen MR) is 87.9 cm³/mol. The third-order valence-corrected chi connectivity index (χ3v) is 5.39. The zero-order chi connectivity index (χ0) is 14.7. The van der Waals surface area contributed by atoms with E-state index in [-0.39, 0.29) is 6.04 Å². The molecule has 0 saturated carbocycles. The molecule has 3 rings (SSSR count). The summed E-state index contributed by atoms with van der Waals surface area (Å²) in [5, 5.41) is 8.96. The average Bonchev–Trinajstić information content (AvgIpc) is 3.21. The molecule has 0 aliphatic carbocycles. The van der Waals surface area contributed by atoms with Crippen LogP contribution in [0.1, 0.15) is 34.6 Å². The lowest BCUT2D eigenvalue weighted by Gasteiger charge is -2.19. The first-order valence-corrected chi connectivity index (χ1v) is 8.65. The van der Waals surface area contributed by atoms with Gasteiger partial charge in [-0.1, -0.05) is 13.0 Å². The van der Waals surface area contributed by atoms with Crippen LogP contribution in [0.25, 0.3) is 0 Å². The van der Waals surface area contributed by atoms with E-state index in [0.717, 1.165) is 12.4 Å². The topological polar surface area (TPSA) is 42.7 Å². The van der Waals surface area contributed by atoms with Crippen LogP contribution in [-0.2, 0) is 7.05 Å². The van der Waals surface area contributed by atoms with Crippen LogP contribution in [0, 0.1) is 0 Å². The Kier molecular flexibility index (Phi) is 4.48. The molecule has 3 aromatic heterocycles. The Morgan fingerprint density at radius 2 is 2.14 bits per heavy atom. The molecule has 0 bridgehead atoms. The molecule has 0 amide bonds.